The Labute approximate surface area is 176 Å². The minimum Gasteiger partial charge on any atom is -0.486 e. The molecule has 2 aromatic rings. The van der Waals surface area contributed by atoms with E-state index < -0.39 is 13.0 Å². The Morgan fingerprint density at radius 3 is 2.87 bits per heavy atom. The van der Waals surface area contributed by atoms with Gasteiger partial charge in [-0.05, 0) is 23.8 Å². The highest BCUT2D eigenvalue weighted by Gasteiger charge is 2.30. The number of hydrogen-bond donors (Lipinski definition) is 2. The number of carbonyl (C=O) groups excluding carboxylic acids is 2. The maximum absolute atomic E-state index is 12.8. The molecule has 0 radical (unpaired) electrons. The summed E-state index contributed by atoms with van der Waals surface area (Å²) in [5.74, 6) is -0.335. The molecule has 160 valence electrons. The highest BCUT2D eigenvalue weighted by atomic mass is 35.5. The van der Waals surface area contributed by atoms with Gasteiger partial charge in [-0.1, -0.05) is 17.7 Å². The third kappa shape index (κ3) is 5.22. The summed E-state index contributed by atoms with van der Waals surface area (Å²) in [5, 5.41) is 11.5. The zero-order valence-corrected chi connectivity index (χ0v) is 16.7. The van der Waals surface area contributed by atoms with Crippen molar-refractivity contribution in [1.82, 2.24) is 15.2 Å². The second kappa shape index (κ2) is 9.82. The number of aliphatic hydroxyl groups excluding tert-OH is 1. The summed E-state index contributed by atoms with van der Waals surface area (Å²) in [5.41, 5.74) is 2.39. The lowest BCUT2D eigenvalue weighted by Gasteiger charge is -2.17. The van der Waals surface area contributed by atoms with E-state index in [0.717, 1.165) is 0 Å². The lowest BCUT2D eigenvalue weighted by atomic mass is 10.1. The van der Waals surface area contributed by atoms with Gasteiger partial charge >= 0.3 is 0 Å². The summed E-state index contributed by atoms with van der Waals surface area (Å²) in [6.45, 7) is -0.228. The molecule has 0 saturated carbocycles. The van der Waals surface area contributed by atoms with E-state index in [0.29, 0.717) is 22.4 Å². The van der Waals surface area contributed by atoms with E-state index in [9.17, 15) is 18.4 Å². The molecule has 0 spiro atoms. The Hall–Kier alpha value is -2.78. The summed E-state index contributed by atoms with van der Waals surface area (Å²) in [4.78, 5) is 30.5. The van der Waals surface area contributed by atoms with Gasteiger partial charge in [0.25, 0.3) is 12.3 Å². The van der Waals surface area contributed by atoms with Gasteiger partial charge in [0.1, 0.15) is 12.4 Å². The number of amides is 2. The lowest BCUT2D eigenvalue weighted by molar-refractivity contribution is -0.120. The Balaban J connectivity index is 1.70. The number of alkyl halides is 2. The fourth-order valence-electron chi connectivity index (χ4n) is 3.17. The van der Waals surface area contributed by atoms with Crippen LogP contribution >= 0.6 is 11.6 Å². The van der Waals surface area contributed by atoms with Gasteiger partial charge in [-0.15, -0.1) is 0 Å². The molecule has 2 N–H and O–H groups in total. The first kappa shape index (κ1) is 21.9. The van der Waals surface area contributed by atoms with Crippen molar-refractivity contribution in [3.63, 3.8) is 0 Å². The standard InChI is InChI=1S/C20H20ClF2N3O4/c21-15-7-12(1-2-17(15)30-11-18(22)23)9-26-10-14-13(20(26)29)3-4-24-16(14)8-19(28)25-5-6-27/h1-4,7,18,27H,5-6,8-11H2,(H,25,28). The van der Waals surface area contributed by atoms with Gasteiger partial charge in [0, 0.05) is 37.0 Å². The van der Waals surface area contributed by atoms with Crippen molar-refractivity contribution < 1.29 is 28.2 Å². The monoisotopic (exact) mass is 439 g/mol. The van der Waals surface area contributed by atoms with Crippen LogP contribution in [0.3, 0.4) is 0 Å². The quantitative estimate of drug-likeness (QED) is 0.625. The molecule has 0 atom stereocenters. The number of rotatable bonds is 9. The van der Waals surface area contributed by atoms with E-state index in [2.05, 4.69) is 10.3 Å². The smallest absolute Gasteiger partial charge is 0.272 e. The second-order valence-corrected chi connectivity index (χ2v) is 7.07. The van der Waals surface area contributed by atoms with Crippen molar-refractivity contribution in [3.05, 3.63) is 57.9 Å². The topological polar surface area (TPSA) is 91.8 Å². The molecular formula is C20H20ClF2N3O4. The number of pyridine rings is 1. The van der Waals surface area contributed by atoms with Gasteiger partial charge in [0.2, 0.25) is 5.91 Å². The highest BCUT2D eigenvalue weighted by molar-refractivity contribution is 6.32. The molecule has 2 amide bonds. The number of nitrogens with zero attached hydrogens (tertiary/aromatic N) is 2. The van der Waals surface area contributed by atoms with Crippen LogP contribution in [-0.2, 0) is 24.3 Å². The molecule has 1 aliphatic heterocycles. The molecule has 1 aromatic heterocycles. The van der Waals surface area contributed by atoms with Gasteiger partial charge in [-0.2, -0.15) is 0 Å². The number of aliphatic hydroxyl groups is 1. The van der Waals surface area contributed by atoms with Crippen LogP contribution < -0.4 is 10.1 Å². The minimum absolute atomic E-state index is 0.00624. The van der Waals surface area contributed by atoms with Crippen LogP contribution in [0.15, 0.2) is 30.5 Å². The average Bonchev–Trinajstić information content (AvgIpc) is 3.02. The number of benzene rings is 1. The molecule has 7 nitrogen and oxygen atoms in total. The van der Waals surface area contributed by atoms with Gasteiger partial charge in [0.15, 0.2) is 0 Å². The Bertz CT molecular complexity index is 942. The van der Waals surface area contributed by atoms with E-state index >= 15 is 0 Å². The largest absolute Gasteiger partial charge is 0.486 e. The number of halogens is 3. The Morgan fingerprint density at radius 2 is 2.17 bits per heavy atom. The molecule has 0 aliphatic carbocycles. The molecule has 2 heterocycles. The van der Waals surface area contributed by atoms with Gasteiger partial charge in [-0.3, -0.25) is 14.6 Å². The number of nitrogens with one attached hydrogen (secondary N) is 1. The van der Waals surface area contributed by atoms with Crippen LogP contribution in [0.2, 0.25) is 5.02 Å². The van der Waals surface area contributed by atoms with Crippen LogP contribution in [0.4, 0.5) is 8.78 Å². The first-order chi connectivity index (χ1) is 14.4. The Kier molecular flexibility index (Phi) is 7.17. The van der Waals surface area contributed by atoms with E-state index in [-0.39, 0.29) is 55.2 Å². The van der Waals surface area contributed by atoms with Crippen molar-refractivity contribution in [1.29, 1.82) is 0 Å². The van der Waals surface area contributed by atoms with Gasteiger partial charge in [-0.25, -0.2) is 8.78 Å². The normalized spacial score (nSPS) is 13.0. The maximum Gasteiger partial charge on any atom is 0.272 e. The van der Waals surface area contributed by atoms with Crippen molar-refractivity contribution in [2.75, 3.05) is 19.8 Å². The molecule has 30 heavy (non-hydrogen) atoms. The highest BCUT2D eigenvalue weighted by Crippen LogP contribution is 2.30. The van der Waals surface area contributed by atoms with Crippen molar-refractivity contribution in [3.8, 4) is 5.75 Å². The SMILES string of the molecule is O=C(Cc1nccc2c1CN(Cc1ccc(OCC(F)F)c(Cl)c1)C2=O)NCCO. The molecule has 0 unspecified atom stereocenters. The Morgan fingerprint density at radius 1 is 1.37 bits per heavy atom. The first-order valence-corrected chi connectivity index (χ1v) is 9.59. The summed E-state index contributed by atoms with van der Waals surface area (Å²) in [6.07, 6.45) is -1.11. The zero-order chi connectivity index (χ0) is 21.7. The molecule has 1 aromatic carbocycles. The van der Waals surface area contributed by atoms with Crippen molar-refractivity contribution >= 4 is 23.4 Å². The molecule has 1 aliphatic rings. The molecular weight excluding hydrogens is 420 g/mol. The first-order valence-electron chi connectivity index (χ1n) is 9.22. The predicted molar refractivity (Wildman–Crippen MR) is 105 cm³/mol. The number of aromatic nitrogens is 1. The third-order valence-corrected chi connectivity index (χ3v) is 4.80. The lowest BCUT2D eigenvalue weighted by Crippen LogP contribution is -2.28. The molecule has 0 fully saturated rings. The minimum atomic E-state index is -2.60. The van der Waals surface area contributed by atoms with Crippen LogP contribution in [0.25, 0.3) is 0 Å². The summed E-state index contributed by atoms with van der Waals surface area (Å²) in [7, 11) is 0. The zero-order valence-electron chi connectivity index (χ0n) is 15.9. The fraction of sp³-hybridized carbons (Fsp3) is 0.350. The third-order valence-electron chi connectivity index (χ3n) is 4.51. The summed E-state index contributed by atoms with van der Waals surface area (Å²) >= 11 is 6.10. The number of ether oxygens (including phenoxy) is 1. The van der Waals surface area contributed by atoms with Crippen molar-refractivity contribution in [2.24, 2.45) is 0 Å². The van der Waals surface area contributed by atoms with Gasteiger partial charge in [0.05, 0.1) is 23.7 Å². The molecule has 10 heteroatoms. The van der Waals surface area contributed by atoms with E-state index in [1.807, 2.05) is 0 Å². The van der Waals surface area contributed by atoms with Crippen molar-refractivity contribution in [2.45, 2.75) is 25.9 Å². The second-order valence-electron chi connectivity index (χ2n) is 6.66. The fourth-order valence-corrected chi connectivity index (χ4v) is 3.43. The van der Waals surface area contributed by atoms with Crippen LogP contribution in [0, 0.1) is 0 Å². The van der Waals surface area contributed by atoms with Crippen LogP contribution in [-0.4, -0.2) is 53.0 Å². The predicted octanol–water partition coefficient (Wildman–Crippen LogP) is 2.19. The van der Waals surface area contributed by atoms with Crippen LogP contribution in [0.5, 0.6) is 5.75 Å². The summed E-state index contributed by atoms with van der Waals surface area (Å²) in [6, 6.07) is 6.33. The maximum atomic E-state index is 12.8. The molecule has 3 rings (SSSR count). The molecule has 0 bridgehead atoms. The number of hydrogen-bond acceptors (Lipinski definition) is 5. The van der Waals surface area contributed by atoms with E-state index in [1.165, 1.54) is 12.3 Å². The molecule has 0 saturated heterocycles. The van der Waals surface area contributed by atoms with Crippen LogP contribution in [0.1, 0.15) is 27.2 Å². The van der Waals surface area contributed by atoms with E-state index in [1.54, 1.807) is 23.1 Å². The summed E-state index contributed by atoms with van der Waals surface area (Å²) < 4.78 is 29.5. The van der Waals surface area contributed by atoms with E-state index in [4.69, 9.17) is 21.4 Å². The average molecular weight is 440 g/mol. The number of fused-ring (bicyclic) bond motifs is 1. The van der Waals surface area contributed by atoms with Gasteiger partial charge < -0.3 is 20.1 Å². The number of carbonyl (C=O) groups is 2.